The van der Waals surface area contributed by atoms with Gasteiger partial charge in [-0.1, -0.05) is 35.7 Å². The molecule has 1 heterocycles. The van der Waals surface area contributed by atoms with Crippen molar-refractivity contribution >= 4 is 27.8 Å². The van der Waals surface area contributed by atoms with E-state index in [0.717, 1.165) is 34.2 Å². The van der Waals surface area contributed by atoms with Gasteiger partial charge >= 0.3 is 0 Å². The molecule has 3 heteroatoms. The molecule has 2 nitrogen and oxygen atoms in total. The number of benzene rings is 1. The first kappa shape index (κ1) is 13.6. The van der Waals surface area contributed by atoms with Crippen LogP contribution in [0.3, 0.4) is 0 Å². The summed E-state index contributed by atoms with van der Waals surface area (Å²) in [5, 5.41) is 1.28. The maximum absolute atomic E-state index is 10.8. The van der Waals surface area contributed by atoms with E-state index in [1.54, 1.807) is 13.1 Å². The zero-order valence-corrected chi connectivity index (χ0v) is 11.9. The normalized spacial score (nSPS) is 10.0. The Balaban J connectivity index is 2.15. The smallest absolute Gasteiger partial charge is 0.185 e. The number of pyridine rings is 1. The van der Waals surface area contributed by atoms with Crippen molar-refractivity contribution in [2.75, 3.05) is 5.75 Å². The van der Waals surface area contributed by atoms with Crippen molar-refractivity contribution < 1.29 is 4.79 Å². The van der Waals surface area contributed by atoms with Crippen LogP contribution in [-0.2, 0) is 4.79 Å². The molecule has 0 aliphatic rings. The topological polar surface area (TPSA) is 30.0 Å². The summed E-state index contributed by atoms with van der Waals surface area (Å²) in [5.74, 6) is 7.03. The third-order valence-electron chi connectivity index (χ3n) is 2.78. The largest absolute Gasteiger partial charge is 0.288 e. The Kier molecular flexibility index (Phi) is 4.59. The van der Waals surface area contributed by atoms with E-state index in [1.807, 2.05) is 25.1 Å². The second-order valence-corrected chi connectivity index (χ2v) is 5.48. The van der Waals surface area contributed by atoms with E-state index < -0.39 is 0 Å². The van der Waals surface area contributed by atoms with Gasteiger partial charge in [0, 0.05) is 36.2 Å². The van der Waals surface area contributed by atoms with E-state index in [0.29, 0.717) is 0 Å². The molecule has 0 aliphatic carbocycles. The lowest BCUT2D eigenvalue weighted by atomic mass is 10.0. The number of thioether (sulfide) groups is 1. The third kappa shape index (κ3) is 3.59. The Labute approximate surface area is 117 Å². The highest BCUT2D eigenvalue weighted by Gasteiger charge is 2.01. The van der Waals surface area contributed by atoms with Crippen LogP contribution in [0.2, 0.25) is 0 Å². The number of aryl methyl sites for hydroxylation is 1. The average molecular weight is 269 g/mol. The van der Waals surface area contributed by atoms with Gasteiger partial charge in [-0.3, -0.25) is 9.78 Å². The summed E-state index contributed by atoms with van der Waals surface area (Å²) >= 11 is 1.32. The van der Waals surface area contributed by atoms with Gasteiger partial charge < -0.3 is 0 Å². The fourth-order valence-corrected chi connectivity index (χ4v) is 2.32. The molecule has 0 bridgehead atoms. The van der Waals surface area contributed by atoms with Gasteiger partial charge in [0.2, 0.25) is 0 Å². The van der Waals surface area contributed by atoms with E-state index in [9.17, 15) is 4.79 Å². The first-order valence-electron chi connectivity index (χ1n) is 6.15. The zero-order valence-electron chi connectivity index (χ0n) is 11.1. The molecule has 2 rings (SSSR count). The molecule has 0 N–H and O–H groups in total. The molecule has 0 saturated heterocycles. The summed E-state index contributed by atoms with van der Waals surface area (Å²) in [6.07, 6.45) is 2.53. The number of nitrogens with zero attached hydrogens (tertiary/aromatic N) is 1. The predicted octanol–water partition coefficient (Wildman–Crippen LogP) is 3.56. The summed E-state index contributed by atoms with van der Waals surface area (Å²) in [4.78, 5) is 15.2. The van der Waals surface area contributed by atoms with Crippen LogP contribution in [0.4, 0.5) is 0 Å². The van der Waals surface area contributed by atoms with Gasteiger partial charge in [-0.15, -0.1) is 0 Å². The second-order valence-electron chi connectivity index (χ2n) is 4.21. The van der Waals surface area contributed by atoms with Crippen LogP contribution >= 0.6 is 11.8 Å². The molecule has 96 valence electrons. The van der Waals surface area contributed by atoms with Gasteiger partial charge in [0.05, 0.1) is 5.52 Å². The minimum Gasteiger partial charge on any atom is -0.288 e. The van der Waals surface area contributed by atoms with Crippen LogP contribution in [0.25, 0.3) is 10.9 Å². The van der Waals surface area contributed by atoms with Gasteiger partial charge in [-0.25, -0.2) is 0 Å². The molecule has 0 fully saturated rings. The molecule has 0 saturated carbocycles. The maximum Gasteiger partial charge on any atom is 0.185 e. The van der Waals surface area contributed by atoms with Gasteiger partial charge in [0.25, 0.3) is 0 Å². The summed E-state index contributed by atoms with van der Waals surface area (Å²) in [5.41, 5.74) is 3.14. The summed E-state index contributed by atoms with van der Waals surface area (Å²) in [7, 11) is 0. The van der Waals surface area contributed by atoms with E-state index in [2.05, 4.69) is 22.9 Å². The average Bonchev–Trinajstić information content (AvgIpc) is 2.41. The van der Waals surface area contributed by atoms with E-state index in [-0.39, 0.29) is 5.12 Å². The third-order valence-corrected chi connectivity index (χ3v) is 3.60. The Bertz CT molecular complexity index is 667. The minimum absolute atomic E-state index is 0.146. The van der Waals surface area contributed by atoms with E-state index in [4.69, 9.17) is 0 Å². The minimum atomic E-state index is 0.146. The maximum atomic E-state index is 10.8. The molecule has 0 unspecified atom stereocenters. The quantitative estimate of drug-likeness (QED) is 0.616. The zero-order chi connectivity index (χ0) is 13.7. The van der Waals surface area contributed by atoms with Crippen LogP contribution in [-0.4, -0.2) is 15.9 Å². The number of aromatic nitrogens is 1. The molecule has 19 heavy (non-hydrogen) atoms. The van der Waals surface area contributed by atoms with Gasteiger partial charge in [-0.2, -0.15) is 0 Å². The fourth-order valence-electron chi connectivity index (χ4n) is 1.83. The first-order chi connectivity index (χ1) is 9.18. The van der Waals surface area contributed by atoms with Crippen LogP contribution < -0.4 is 0 Å². The first-order valence-corrected chi connectivity index (χ1v) is 7.13. The molecule has 0 aliphatic heterocycles. The number of carbonyl (C=O) groups excluding carboxylic acids is 1. The molecule has 2 aromatic rings. The highest BCUT2D eigenvalue weighted by Crippen LogP contribution is 2.18. The number of hydrogen-bond donors (Lipinski definition) is 0. The number of hydrogen-bond acceptors (Lipinski definition) is 3. The van der Waals surface area contributed by atoms with Crippen LogP contribution in [0.5, 0.6) is 0 Å². The SMILES string of the molecule is CC(=O)SCCC#Cc1ccc2cccnc2c1C. The fraction of sp³-hybridized carbons (Fsp3) is 0.250. The summed E-state index contributed by atoms with van der Waals surface area (Å²) in [6, 6.07) is 8.07. The van der Waals surface area contributed by atoms with Crippen molar-refractivity contribution in [3.63, 3.8) is 0 Å². The monoisotopic (exact) mass is 269 g/mol. The molecule has 0 radical (unpaired) electrons. The number of carbonyl (C=O) groups is 1. The number of fused-ring (bicyclic) bond motifs is 1. The Morgan fingerprint density at radius 1 is 1.37 bits per heavy atom. The number of rotatable bonds is 2. The van der Waals surface area contributed by atoms with Crippen molar-refractivity contribution in [2.24, 2.45) is 0 Å². The molecular weight excluding hydrogens is 254 g/mol. The Hall–Kier alpha value is -1.79. The lowest BCUT2D eigenvalue weighted by molar-refractivity contribution is -0.109. The van der Waals surface area contributed by atoms with Crippen LogP contribution in [0.1, 0.15) is 24.5 Å². The molecule has 0 atom stereocenters. The molecule has 1 aromatic heterocycles. The lowest BCUT2D eigenvalue weighted by Gasteiger charge is -2.02. The highest BCUT2D eigenvalue weighted by molar-refractivity contribution is 8.13. The van der Waals surface area contributed by atoms with Crippen molar-refractivity contribution in [1.82, 2.24) is 4.98 Å². The van der Waals surface area contributed by atoms with Gasteiger partial charge in [0.1, 0.15) is 0 Å². The Morgan fingerprint density at radius 3 is 3.00 bits per heavy atom. The van der Waals surface area contributed by atoms with Gasteiger partial charge in [0.15, 0.2) is 5.12 Å². The van der Waals surface area contributed by atoms with E-state index >= 15 is 0 Å². The highest BCUT2D eigenvalue weighted by atomic mass is 32.2. The van der Waals surface area contributed by atoms with Crippen LogP contribution in [0, 0.1) is 18.8 Å². The van der Waals surface area contributed by atoms with Crippen molar-refractivity contribution in [3.8, 4) is 11.8 Å². The van der Waals surface area contributed by atoms with Crippen molar-refractivity contribution in [2.45, 2.75) is 20.3 Å². The molecule has 0 amide bonds. The summed E-state index contributed by atoms with van der Waals surface area (Å²) < 4.78 is 0. The van der Waals surface area contributed by atoms with Gasteiger partial charge in [-0.05, 0) is 24.6 Å². The second kappa shape index (κ2) is 6.40. The summed E-state index contributed by atoms with van der Waals surface area (Å²) in [6.45, 7) is 3.63. The molecule has 1 aromatic carbocycles. The Morgan fingerprint density at radius 2 is 2.21 bits per heavy atom. The molecular formula is C16H15NOS. The lowest BCUT2D eigenvalue weighted by Crippen LogP contribution is -1.88. The van der Waals surface area contributed by atoms with Crippen LogP contribution in [0.15, 0.2) is 30.5 Å². The van der Waals surface area contributed by atoms with E-state index in [1.165, 1.54) is 11.8 Å². The van der Waals surface area contributed by atoms with Crippen molar-refractivity contribution in [1.29, 1.82) is 0 Å². The van der Waals surface area contributed by atoms with Crippen molar-refractivity contribution in [3.05, 3.63) is 41.6 Å². The standard InChI is InChI=1S/C16H15NOS/c1-12-14(6-3-4-11-19-13(2)18)8-9-15-7-5-10-17-16(12)15/h5,7-10H,4,11H2,1-2H3. The molecule has 0 spiro atoms. The predicted molar refractivity (Wildman–Crippen MR) is 81.1 cm³/mol.